The van der Waals surface area contributed by atoms with Crippen LogP contribution in [0.2, 0.25) is 0 Å². The molecule has 0 aliphatic heterocycles. The minimum Gasteiger partial charge on any atom is -0.466 e. The van der Waals surface area contributed by atoms with Gasteiger partial charge in [-0.15, -0.1) is 0 Å². The van der Waals surface area contributed by atoms with E-state index in [0.29, 0.717) is 18.8 Å². The lowest BCUT2D eigenvalue weighted by molar-refractivity contribution is -0.129. The third-order valence-corrected chi connectivity index (χ3v) is 6.53. The van der Waals surface area contributed by atoms with Gasteiger partial charge in [0, 0.05) is 5.56 Å². The molecule has 1 N–H and O–H groups in total. The zero-order valence-electron chi connectivity index (χ0n) is 18.5. The van der Waals surface area contributed by atoms with Gasteiger partial charge in [0.25, 0.3) is 6.47 Å². The largest absolute Gasteiger partial charge is 0.466 e. The van der Waals surface area contributed by atoms with Gasteiger partial charge in [-0.1, -0.05) is 54.3 Å². The molecule has 1 aliphatic carbocycles. The van der Waals surface area contributed by atoms with Gasteiger partial charge in [-0.3, -0.25) is 10.1 Å². The van der Waals surface area contributed by atoms with E-state index in [0.717, 1.165) is 40.1 Å². The number of amides is 1. The smallest absolute Gasteiger partial charge is 0.412 e. The summed E-state index contributed by atoms with van der Waals surface area (Å²) in [6.45, 7) is 4.50. The van der Waals surface area contributed by atoms with Crippen molar-refractivity contribution in [1.29, 1.82) is 0 Å². The second-order valence-electron chi connectivity index (χ2n) is 8.07. The van der Waals surface area contributed by atoms with Crippen LogP contribution in [-0.2, 0) is 14.3 Å². The summed E-state index contributed by atoms with van der Waals surface area (Å²) < 4.78 is 14.9. The molecule has 1 saturated carbocycles. The van der Waals surface area contributed by atoms with Crippen molar-refractivity contribution in [2.24, 2.45) is 5.41 Å². The van der Waals surface area contributed by atoms with E-state index in [4.69, 9.17) is 9.47 Å². The number of carbonyl (C=O) groups is 2. The summed E-state index contributed by atoms with van der Waals surface area (Å²) in [5.74, 6) is 6.41. The summed E-state index contributed by atoms with van der Waals surface area (Å²) in [7, 11) is 0. The molecule has 1 amide bonds. The molecule has 1 heterocycles. The molecule has 1 fully saturated rings. The molecule has 0 bridgehead atoms. The molecular weight excluding hydrogens is 436 g/mol. The first kappa shape index (κ1) is 22.6. The van der Waals surface area contributed by atoms with Gasteiger partial charge in [0.2, 0.25) is 0 Å². The van der Waals surface area contributed by atoms with E-state index >= 15 is 0 Å². The lowest BCUT2D eigenvalue weighted by Gasteiger charge is -2.14. The quantitative estimate of drug-likeness (QED) is 0.360. The molecule has 6 nitrogen and oxygen atoms in total. The van der Waals surface area contributed by atoms with Gasteiger partial charge in [-0.25, -0.2) is 4.79 Å². The Hall–Kier alpha value is -3.63. The molecule has 3 aromatic rings. The number of aryl methyl sites for hydroxylation is 1. The highest BCUT2D eigenvalue weighted by molar-refractivity contribution is 7.10. The topological polar surface area (TPSA) is 77.5 Å². The van der Waals surface area contributed by atoms with Crippen LogP contribution in [0.15, 0.2) is 54.6 Å². The van der Waals surface area contributed by atoms with Crippen molar-refractivity contribution in [3.63, 3.8) is 0 Å². The molecule has 2 aromatic carbocycles. The second kappa shape index (κ2) is 9.88. The summed E-state index contributed by atoms with van der Waals surface area (Å²) in [5, 5.41) is 2.86. The molecule has 33 heavy (non-hydrogen) atoms. The average molecular weight is 461 g/mol. The van der Waals surface area contributed by atoms with Crippen LogP contribution in [0.3, 0.4) is 0 Å². The molecule has 0 saturated heterocycles. The van der Waals surface area contributed by atoms with Crippen LogP contribution in [0.4, 0.5) is 10.5 Å². The van der Waals surface area contributed by atoms with Gasteiger partial charge in [0.05, 0.1) is 21.7 Å². The summed E-state index contributed by atoms with van der Waals surface area (Å²) in [6.07, 6.45) is 0.997. The lowest BCUT2D eigenvalue weighted by atomic mass is 10.1. The Morgan fingerprint density at radius 3 is 2.61 bits per heavy atom. The first-order valence-corrected chi connectivity index (χ1v) is 11.4. The van der Waals surface area contributed by atoms with Crippen LogP contribution >= 0.6 is 11.5 Å². The van der Waals surface area contributed by atoms with Crippen molar-refractivity contribution in [3.05, 3.63) is 71.4 Å². The minimum absolute atomic E-state index is 0.192. The number of ether oxygens (including phenoxy) is 2. The number of anilines is 1. The summed E-state index contributed by atoms with van der Waals surface area (Å²) in [6, 6.07) is 17.4. The second-order valence-corrected chi connectivity index (χ2v) is 8.84. The standard InChI is InChI=1S/C26H24N2O4S/c1-18-23(27-25(30)32-19(2)21-6-4-3-5-7-21)24(33-28-18)22-10-8-20(9-11-22)12-13-26(14-15-26)16-31-17-29/h3-11,17,19H,14-16H2,1-2H3,(H,27,30). The number of rotatable bonds is 7. The molecule has 168 valence electrons. The van der Waals surface area contributed by atoms with Crippen LogP contribution in [0.1, 0.15) is 42.7 Å². The van der Waals surface area contributed by atoms with Gasteiger partial charge in [-0.2, -0.15) is 4.37 Å². The fourth-order valence-corrected chi connectivity index (χ4v) is 4.21. The third-order valence-electron chi connectivity index (χ3n) is 5.54. The number of nitrogens with zero attached hydrogens (tertiary/aromatic N) is 1. The number of benzene rings is 2. The molecule has 1 unspecified atom stereocenters. The lowest BCUT2D eigenvalue weighted by Crippen LogP contribution is -2.16. The van der Waals surface area contributed by atoms with Crippen molar-refractivity contribution in [1.82, 2.24) is 4.37 Å². The molecule has 1 aromatic heterocycles. The predicted octanol–water partition coefficient (Wildman–Crippen LogP) is 5.73. The highest BCUT2D eigenvalue weighted by atomic mass is 32.1. The predicted molar refractivity (Wildman–Crippen MR) is 128 cm³/mol. The zero-order chi connectivity index (χ0) is 23.3. The van der Waals surface area contributed by atoms with Crippen LogP contribution in [0.5, 0.6) is 0 Å². The van der Waals surface area contributed by atoms with E-state index in [2.05, 4.69) is 21.5 Å². The number of hydrogen-bond acceptors (Lipinski definition) is 6. The Morgan fingerprint density at radius 1 is 1.21 bits per heavy atom. The Kier molecular flexibility index (Phi) is 6.76. The van der Waals surface area contributed by atoms with Gasteiger partial charge < -0.3 is 9.47 Å². The maximum atomic E-state index is 12.5. The van der Waals surface area contributed by atoms with E-state index in [1.54, 1.807) is 0 Å². The molecule has 4 rings (SSSR count). The molecule has 1 aliphatic rings. The number of aromatic nitrogens is 1. The number of nitrogens with one attached hydrogen (secondary N) is 1. The van der Waals surface area contributed by atoms with E-state index < -0.39 is 6.09 Å². The van der Waals surface area contributed by atoms with Crippen molar-refractivity contribution in [3.8, 4) is 22.3 Å². The van der Waals surface area contributed by atoms with Crippen molar-refractivity contribution >= 4 is 29.8 Å². The van der Waals surface area contributed by atoms with Gasteiger partial charge >= 0.3 is 6.09 Å². The minimum atomic E-state index is -0.523. The zero-order valence-corrected chi connectivity index (χ0v) is 19.3. The highest BCUT2D eigenvalue weighted by Crippen LogP contribution is 2.45. The first-order valence-electron chi connectivity index (χ1n) is 10.7. The van der Waals surface area contributed by atoms with E-state index in [1.165, 1.54) is 11.5 Å². The molecule has 0 spiro atoms. The molecule has 1 atom stereocenters. The fourth-order valence-electron chi connectivity index (χ4n) is 3.36. The van der Waals surface area contributed by atoms with Crippen LogP contribution < -0.4 is 5.32 Å². The third kappa shape index (κ3) is 5.60. The van der Waals surface area contributed by atoms with Gasteiger partial charge in [0.1, 0.15) is 12.7 Å². The molecule has 0 radical (unpaired) electrons. The Morgan fingerprint density at radius 2 is 1.94 bits per heavy atom. The summed E-state index contributed by atoms with van der Waals surface area (Å²) in [5.41, 5.74) is 3.92. The SMILES string of the molecule is Cc1nsc(-c2ccc(C#CC3(COC=O)CC3)cc2)c1NC(=O)OC(C)c1ccccc1. The summed E-state index contributed by atoms with van der Waals surface area (Å²) >= 11 is 1.32. The van der Waals surface area contributed by atoms with Crippen LogP contribution in [0.25, 0.3) is 10.4 Å². The normalized spacial score (nSPS) is 14.4. The monoisotopic (exact) mass is 460 g/mol. The molecular formula is C26H24N2O4S. The van der Waals surface area contributed by atoms with Crippen LogP contribution in [0, 0.1) is 24.2 Å². The number of carbonyl (C=O) groups excluding carboxylic acids is 2. The Labute approximate surface area is 197 Å². The Balaban J connectivity index is 1.44. The Bertz CT molecular complexity index is 1190. The van der Waals surface area contributed by atoms with E-state index in [9.17, 15) is 9.59 Å². The van der Waals surface area contributed by atoms with Crippen molar-refractivity contribution < 1.29 is 19.1 Å². The van der Waals surface area contributed by atoms with Gasteiger partial charge in [0.15, 0.2) is 0 Å². The highest BCUT2D eigenvalue weighted by Gasteiger charge is 2.42. The first-order chi connectivity index (χ1) is 16.0. The summed E-state index contributed by atoms with van der Waals surface area (Å²) in [4.78, 5) is 23.8. The average Bonchev–Trinajstić information content (AvgIpc) is 3.53. The maximum Gasteiger partial charge on any atom is 0.412 e. The van der Waals surface area contributed by atoms with Crippen molar-refractivity contribution in [2.45, 2.75) is 32.8 Å². The van der Waals surface area contributed by atoms with Gasteiger partial charge in [-0.05, 0) is 61.5 Å². The van der Waals surface area contributed by atoms with E-state index in [-0.39, 0.29) is 11.5 Å². The van der Waals surface area contributed by atoms with Crippen LogP contribution in [-0.4, -0.2) is 23.5 Å². The maximum absolute atomic E-state index is 12.5. The molecule has 7 heteroatoms. The number of hydrogen-bond donors (Lipinski definition) is 1. The van der Waals surface area contributed by atoms with Crippen molar-refractivity contribution in [2.75, 3.05) is 11.9 Å². The van der Waals surface area contributed by atoms with E-state index in [1.807, 2.05) is 68.4 Å². The fraction of sp³-hybridized carbons (Fsp3) is 0.269.